The molecule has 0 bridgehead atoms. The van der Waals surface area contributed by atoms with Crippen molar-refractivity contribution in [3.63, 3.8) is 0 Å². The molecule has 1 atom stereocenters. The molecule has 2 aromatic rings. The molecule has 3 rings (SSSR count). The molecule has 28 heavy (non-hydrogen) atoms. The van der Waals surface area contributed by atoms with Gasteiger partial charge in [-0.1, -0.05) is 42.5 Å². The zero-order valence-corrected chi connectivity index (χ0v) is 17.0. The van der Waals surface area contributed by atoms with Crippen molar-refractivity contribution in [2.45, 2.75) is 32.7 Å². The van der Waals surface area contributed by atoms with Crippen LogP contribution in [0.4, 0.5) is 0 Å². The van der Waals surface area contributed by atoms with Gasteiger partial charge in [0.05, 0.1) is 24.5 Å². The summed E-state index contributed by atoms with van der Waals surface area (Å²) in [5.74, 6) is -0.405. The van der Waals surface area contributed by atoms with Crippen molar-refractivity contribution in [3.8, 4) is 0 Å². The molecule has 148 valence electrons. The van der Waals surface area contributed by atoms with E-state index >= 15 is 0 Å². The highest BCUT2D eigenvalue weighted by molar-refractivity contribution is 7.91. The predicted molar refractivity (Wildman–Crippen MR) is 109 cm³/mol. The maximum Gasteiger partial charge on any atom is 0.227 e. The van der Waals surface area contributed by atoms with Crippen LogP contribution < -0.4 is 0 Å². The smallest absolute Gasteiger partial charge is 0.227 e. The normalized spacial score (nSPS) is 18.0. The van der Waals surface area contributed by atoms with Crippen LogP contribution in [0.5, 0.6) is 0 Å². The molecule has 1 fully saturated rings. The third kappa shape index (κ3) is 4.87. The molecule has 0 N–H and O–H groups in total. The topological polar surface area (TPSA) is 71.5 Å². The summed E-state index contributed by atoms with van der Waals surface area (Å²) in [6, 6.07) is 14.3. The van der Waals surface area contributed by atoms with Gasteiger partial charge < -0.3 is 4.90 Å². The Kier molecular flexibility index (Phi) is 5.98. The second-order valence-electron chi connectivity index (χ2n) is 7.46. The first kappa shape index (κ1) is 20.3. The summed E-state index contributed by atoms with van der Waals surface area (Å²) in [4.78, 5) is 27.3. The standard InChI is InChI=1S/C22H25NO4S/c1-16-8-9-19(12-17(16)2)21(24)14-23(20-10-11-28(26,27)15-20)22(25)13-18-6-4-3-5-7-18/h3-9,12,20H,10-11,13-15H2,1-2H3. The molecule has 0 radical (unpaired) electrons. The summed E-state index contributed by atoms with van der Waals surface area (Å²) >= 11 is 0. The number of sulfone groups is 1. The molecule has 0 aromatic heterocycles. The minimum atomic E-state index is -3.16. The van der Waals surface area contributed by atoms with E-state index in [1.165, 1.54) is 4.90 Å². The second-order valence-corrected chi connectivity index (χ2v) is 9.69. The van der Waals surface area contributed by atoms with Gasteiger partial charge in [-0.3, -0.25) is 9.59 Å². The van der Waals surface area contributed by atoms with Crippen molar-refractivity contribution in [1.29, 1.82) is 0 Å². The molecule has 1 aliphatic heterocycles. The van der Waals surface area contributed by atoms with Gasteiger partial charge in [0, 0.05) is 11.6 Å². The minimum absolute atomic E-state index is 0.0601. The Labute approximate surface area is 166 Å². The number of carbonyl (C=O) groups is 2. The lowest BCUT2D eigenvalue weighted by molar-refractivity contribution is -0.131. The number of rotatable bonds is 6. The number of Topliss-reactive ketones (excluding diaryl/α,β-unsaturated/α-hetero) is 1. The summed E-state index contributed by atoms with van der Waals surface area (Å²) in [5, 5.41) is 0. The van der Waals surface area contributed by atoms with E-state index in [2.05, 4.69) is 0 Å². The van der Waals surface area contributed by atoms with E-state index in [1.54, 1.807) is 6.07 Å². The first-order valence-corrected chi connectivity index (χ1v) is 11.2. The molecule has 0 aliphatic carbocycles. The molecule has 1 saturated heterocycles. The minimum Gasteiger partial charge on any atom is -0.331 e. The molecule has 1 aliphatic rings. The van der Waals surface area contributed by atoms with Crippen molar-refractivity contribution in [2.24, 2.45) is 0 Å². The molecule has 6 heteroatoms. The monoisotopic (exact) mass is 399 g/mol. The van der Waals surface area contributed by atoms with Crippen LogP contribution in [0.15, 0.2) is 48.5 Å². The van der Waals surface area contributed by atoms with Crippen LogP contribution >= 0.6 is 0 Å². The summed E-state index contributed by atoms with van der Waals surface area (Å²) in [6.45, 7) is 3.81. The molecule has 2 aromatic carbocycles. The van der Waals surface area contributed by atoms with Gasteiger partial charge in [-0.15, -0.1) is 0 Å². The van der Waals surface area contributed by atoms with Gasteiger partial charge in [-0.25, -0.2) is 8.42 Å². The third-order valence-electron chi connectivity index (χ3n) is 5.31. The molecule has 1 unspecified atom stereocenters. The lowest BCUT2D eigenvalue weighted by Crippen LogP contribution is -2.45. The zero-order valence-electron chi connectivity index (χ0n) is 16.2. The van der Waals surface area contributed by atoms with Gasteiger partial charge >= 0.3 is 0 Å². The fourth-order valence-electron chi connectivity index (χ4n) is 3.47. The Morgan fingerprint density at radius 3 is 2.36 bits per heavy atom. The van der Waals surface area contributed by atoms with Crippen molar-refractivity contribution < 1.29 is 18.0 Å². The Morgan fingerprint density at radius 2 is 1.75 bits per heavy atom. The maximum atomic E-state index is 13.0. The highest BCUT2D eigenvalue weighted by Crippen LogP contribution is 2.20. The summed E-state index contributed by atoms with van der Waals surface area (Å²) in [6.07, 6.45) is 0.528. The summed E-state index contributed by atoms with van der Waals surface area (Å²) in [7, 11) is -3.16. The average molecular weight is 400 g/mol. The Morgan fingerprint density at radius 1 is 1.04 bits per heavy atom. The fraction of sp³-hybridized carbons (Fsp3) is 0.364. The summed E-state index contributed by atoms with van der Waals surface area (Å²) < 4.78 is 23.9. The van der Waals surface area contributed by atoms with E-state index in [9.17, 15) is 18.0 Å². The number of hydrogen-bond donors (Lipinski definition) is 0. The maximum absolute atomic E-state index is 13.0. The highest BCUT2D eigenvalue weighted by atomic mass is 32.2. The largest absolute Gasteiger partial charge is 0.331 e. The van der Waals surface area contributed by atoms with Crippen LogP contribution in [0.25, 0.3) is 0 Å². The Hall–Kier alpha value is -2.47. The lowest BCUT2D eigenvalue weighted by atomic mass is 10.0. The number of ketones is 1. The molecule has 1 heterocycles. The van der Waals surface area contributed by atoms with Gasteiger partial charge in [-0.05, 0) is 43.0 Å². The number of carbonyl (C=O) groups excluding carboxylic acids is 2. The van der Waals surface area contributed by atoms with Crippen molar-refractivity contribution in [2.75, 3.05) is 18.1 Å². The Bertz CT molecular complexity index is 983. The van der Waals surface area contributed by atoms with Crippen LogP contribution in [-0.2, 0) is 21.1 Å². The fourth-order valence-corrected chi connectivity index (χ4v) is 5.21. The van der Waals surface area contributed by atoms with E-state index in [0.717, 1.165) is 16.7 Å². The summed E-state index contributed by atoms with van der Waals surface area (Å²) in [5.41, 5.74) is 3.49. The molecule has 1 amide bonds. The van der Waals surface area contributed by atoms with Gasteiger partial charge in [-0.2, -0.15) is 0 Å². The second kappa shape index (κ2) is 8.27. The van der Waals surface area contributed by atoms with Gasteiger partial charge in [0.15, 0.2) is 15.6 Å². The average Bonchev–Trinajstić information content (AvgIpc) is 3.02. The van der Waals surface area contributed by atoms with Crippen molar-refractivity contribution in [3.05, 3.63) is 70.8 Å². The van der Waals surface area contributed by atoms with Gasteiger partial charge in [0.1, 0.15) is 0 Å². The highest BCUT2D eigenvalue weighted by Gasteiger charge is 2.35. The van der Waals surface area contributed by atoms with Crippen LogP contribution in [0, 0.1) is 13.8 Å². The van der Waals surface area contributed by atoms with Crippen LogP contribution in [0.2, 0.25) is 0 Å². The number of hydrogen-bond acceptors (Lipinski definition) is 4. The van der Waals surface area contributed by atoms with E-state index < -0.39 is 15.9 Å². The quantitative estimate of drug-likeness (QED) is 0.700. The first-order valence-electron chi connectivity index (χ1n) is 9.39. The lowest BCUT2D eigenvalue weighted by Gasteiger charge is -2.28. The van der Waals surface area contributed by atoms with E-state index in [-0.39, 0.29) is 36.2 Å². The zero-order chi connectivity index (χ0) is 20.3. The molecule has 0 saturated carbocycles. The van der Waals surface area contributed by atoms with Crippen LogP contribution in [0.3, 0.4) is 0 Å². The van der Waals surface area contributed by atoms with Crippen LogP contribution in [-0.4, -0.2) is 49.1 Å². The number of nitrogens with zero attached hydrogens (tertiary/aromatic N) is 1. The predicted octanol–water partition coefficient (Wildman–Crippen LogP) is 2.74. The molecular weight excluding hydrogens is 374 g/mol. The number of amides is 1. The van der Waals surface area contributed by atoms with E-state index in [4.69, 9.17) is 0 Å². The molecule has 5 nitrogen and oxygen atoms in total. The Balaban J connectivity index is 1.82. The van der Waals surface area contributed by atoms with Crippen LogP contribution in [0.1, 0.15) is 33.5 Å². The van der Waals surface area contributed by atoms with E-state index in [0.29, 0.717) is 12.0 Å². The van der Waals surface area contributed by atoms with Gasteiger partial charge in [0.2, 0.25) is 5.91 Å². The SMILES string of the molecule is Cc1ccc(C(=O)CN(C(=O)Cc2ccccc2)C2CCS(=O)(=O)C2)cc1C. The molecular formula is C22H25NO4S. The number of benzene rings is 2. The van der Waals surface area contributed by atoms with Gasteiger partial charge in [0.25, 0.3) is 0 Å². The van der Waals surface area contributed by atoms with Crippen molar-refractivity contribution >= 4 is 21.5 Å². The van der Waals surface area contributed by atoms with Crippen molar-refractivity contribution in [1.82, 2.24) is 4.90 Å². The van der Waals surface area contributed by atoms with E-state index in [1.807, 2.05) is 56.3 Å². The first-order chi connectivity index (χ1) is 13.2. The molecule has 0 spiro atoms. The third-order valence-corrected chi connectivity index (χ3v) is 7.06. The number of aryl methyl sites for hydroxylation is 2.